The number of esters is 1. The van der Waals surface area contributed by atoms with Crippen LogP contribution >= 0.6 is 0 Å². The molecule has 1 aliphatic rings. The molecular weight excluding hydrogens is 182 g/mol. The Morgan fingerprint density at radius 3 is 2.79 bits per heavy atom. The zero-order chi connectivity index (χ0) is 10.8. The summed E-state index contributed by atoms with van der Waals surface area (Å²) in [6, 6.07) is 0. The van der Waals surface area contributed by atoms with E-state index in [4.69, 9.17) is 9.47 Å². The van der Waals surface area contributed by atoms with Gasteiger partial charge >= 0.3 is 5.97 Å². The van der Waals surface area contributed by atoms with E-state index in [-0.39, 0.29) is 17.6 Å². The lowest BCUT2D eigenvalue weighted by Crippen LogP contribution is -2.58. The van der Waals surface area contributed by atoms with Crippen LogP contribution in [0.4, 0.5) is 0 Å². The zero-order valence-corrected chi connectivity index (χ0v) is 9.29. The molecular formula is C10H19NO3. The molecule has 0 aromatic rings. The standard InChI is InChI=1S/C10H19NO3/c1-5-13-9(12)8-11-10(3,4)6-7(2)14-8/h7-8,11H,5-6H2,1-4H3. The van der Waals surface area contributed by atoms with Crippen molar-refractivity contribution in [1.29, 1.82) is 0 Å². The van der Waals surface area contributed by atoms with Crippen LogP contribution < -0.4 is 5.32 Å². The summed E-state index contributed by atoms with van der Waals surface area (Å²) >= 11 is 0. The van der Waals surface area contributed by atoms with Gasteiger partial charge in [0.1, 0.15) is 0 Å². The van der Waals surface area contributed by atoms with Gasteiger partial charge < -0.3 is 9.47 Å². The molecule has 1 saturated heterocycles. The minimum Gasteiger partial charge on any atom is -0.463 e. The molecule has 2 atom stereocenters. The molecule has 0 amide bonds. The van der Waals surface area contributed by atoms with Gasteiger partial charge in [-0.3, -0.25) is 5.32 Å². The molecule has 2 unspecified atom stereocenters. The second-order valence-electron chi connectivity index (χ2n) is 4.31. The summed E-state index contributed by atoms with van der Waals surface area (Å²) in [5.74, 6) is -0.327. The molecule has 0 aromatic heterocycles. The Labute approximate surface area is 85.0 Å². The van der Waals surface area contributed by atoms with E-state index in [1.165, 1.54) is 0 Å². The summed E-state index contributed by atoms with van der Waals surface area (Å²) in [5.41, 5.74) is -0.0743. The van der Waals surface area contributed by atoms with Gasteiger partial charge in [0.05, 0.1) is 12.7 Å². The predicted octanol–water partition coefficient (Wildman–Crippen LogP) is 1.05. The first-order valence-electron chi connectivity index (χ1n) is 5.04. The monoisotopic (exact) mass is 201 g/mol. The van der Waals surface area contributed by atoms with Crippen LogP contribution in [0, 0.1) is 0 Å². The summed E-state index contributed by atoms with van der Waals surface area (Å²) in [6.45, 7) is 8.25. The van der Waals surface area contributed by atoms with E-state index in [0.717, 1.165) is 6.42 Å². The Morgan fingerprint density at radius 2 is 2.29 bits per heavy atom. The Kier molecular flexibility index (Phi) is 3.50. The average Bonchev–Trinajstić information content (AvgIpc) is 2.00. The molecule has 1 heterocycles. The van der Waals surface area contributed by atoms with Crippen molar-refractivity contribution in [2.45, 2.75) is 52.0 Å². The first-order valence-corrected chi connectivity index (χ1v) is 5.04. The minimum atomic E-state index is -0.617. The lowest BCUT2D eigenvalue weighted by molar-refractivity contribution is -0.172. The number of carbonyl (C=O) groups excluding carboxylic acids is 1. The lowest BCUT2D eigenvalue weighted by Gasteiger charge is -2.39. The van der Waals surface area contributed by atoms with Gasteiger partial charge in [-0.2, -0.15) is 0 Å². The van der Waals surface area contributed by atoms with Crippen molar-refractivity contribution in [2.75, 3.05) is 6.61 Å². The van der Waals surface area contributed by atoms with Gasteiger partial charge in [0.25, 0.3) is 0 Å². The topological polar surface area (TPSA) is 47.6 Å². The van der Waals surface area contributed by atoms with E-state index in [1.54, 1.807) is 6.92 Å². The maximum atomic E-state index is 11.4. The fourth-order valence-electron chi connectivity index (χ4n) is 1.78. The van der Waals surface area contributed by atoms with E-state index in [0.29, 0.717) is 6.61 Å². The third kappa shape index (κ3) is 2.96. The molecule has 0 saturated carbocycles. The van der Waals surface area contributed by atoms with Gasteiger partial charge in [-0.1, -0.05) is 0 Å². The van der Waals surface area contributed by atoms with Crippen molar-refractivity contribution in [3.8, 4) is 0 Å². The van der Waals surface area contributed by atoms with Crippen LogP contribution in [-0.4, -0.2) is 30.4 Å². The van der Waals surface area contributed by atoms with Gasteiger partial charge in [0.15, 0.2) is 0 Å². The highest BCUT2D eigenvalue weighted by molar-refractivity contribution is 5.74. The van der Waals surface area contributed by atoms with E-state index >= 15 is 0 Å². The molecule has 0 aliphatic carbocycles. The van der Waals surface area contributed by atoms with Gasteiger partial charge in [0, 0.05) is 5.54 Å². The highest BCUT2D eigenvalue weighted by Crippen LogP contribution is 2.21. The second-order valence-corrected chi connectivity index (χ2v) is 4.31. The first-order chi connectivity index (χ1) is 6.44. The third-order valence-corrected chi connectivity index (χ3v) is 2.19. The summed E-state index contributed by atoms with van der Waals surface area (Å²) < 4.78 is 10.3. The molecule has 1 rings (SSSR count). The molecule has 4 heteroatoms. The fourth-order valence-corrected chi connectivity index (χ4v) is 1.78. The number of rotatable bonds is 2. The summed E-state index contributed by atoms with van der Waals surface area (Å²) in [4.78, 5) is 11.4. The lowest BCUT2D eigenvalue weighted by atomic mass is 9.95. The molecule has 14 heavy (non-hydrogen) atoms. The molecule has 0 spiro atoms. The van der Waals surface area contributed by atoms with E-state index in [9.17, 15) is 4.79 Å². The van der Waals surface area contributed by atoms with Crippen molar-refractivity contribution in [3.63, 3.8) is 0 Å². The normalized spacial score (nSPS) is 31.1. The first kappa shape index (κ1) is 11.5. The molecule has 0 bridgehead atoms. The van der Waals surface area contributed by atoms with Gasteiger partial charge in [-0.15, -0.1) is 0 Å². The van der Waals surface area contributed by atoms with Gasteiger partial charge in [-0.25, -0.2) is 4.79 Å². The van der Waals surface area contributed by atoms with Crippen molar-refractivity contribution in [2.24, 2.45) is 0 Å². The van der Waals surface area contributed by atoms with E-state index < -0.39 is 6.23 Å². The van der Waals surface area contributed by atoms with E-state index in [1.807, 2.05) is 6.92 Å². The quantitative estimate of drug-likeness (QED) is 0.678. The highest BCUT2D eigenvalue weighted by Gasteiger charge is 2.36. The molecule has 0 radical (unpaired) electrons. The number of nitrogens with one attached hydrogen (secondary N) is 1. The Balaban J connectivity index is 2.57. The summed E-state index contributed by atoms with van der Waals surface area (Å²) in [7, 11) is 0. The molecule has 1 N–H and O–H groups in total. The van der Waals surface area contributed by atoms with E-state index in [2.05, 4.69) is 19.2 Å². The SMILES string of the molecule is CCOC(=O)C1NC(C)(C)CC(C)O1. The Hall–Kier alpha value is -0.610. The Morgan fingerprint density at radius 1 is 1.64 bits per heavy atom. The van der Waals surface area contributed by atoms with Crippen LogP contribution in [0.25, 0.3) is 0 Å². The molecule has 0 aromatic carbocycles. The number of hydrogen-bond acceptors (Lipinski definition) is 4. The zero-order valence-electron chi connectivity index (χ0n) is 9.29. The van der Waals surface area contributed by atoms with Crippen LogP contribution in [0.2, 0.25) is 0 Å². The van der Waals surface area contributed by atoms with Crippen molar-refractivity contribution in [1.82, 2.24) is 5.32 Å². The highest BCUT2D eigenvalue weighted by atomic mass is 16.6. The minimum absolute atomic E-state index is 0.0743. The van der Waals surface area contributed by atoms with Crippen LogP contribution in [0.5, 0.6) is 0 Å². The molecule has 1 fully saturated rings. The maximum absolute atomic E-state index is 11.4. The third-order valence-electron chi connectivity index (χ3n) is 2.19. The molecule has 82 valence electrons. The maximum Gasteiger partial charge on any atom is 0.350 e. The fraction of sp³-hybridized carbons (Fsp3) is 0.900. The second kappa shape index (κ2) is 4.28. The predicted molar refractivity (Wildman–Crippen MR) is 52.8 cm³/mol. The number of hydrogen-bond donors (Lipinski definition) is 1. The molecule has 4 nitrogen and oxygen atoms in total. The average molecular weight is 201 g/mol. The summed E-state index contributed by atoms with van der Waals surface area (Å²) in [6.07, 6.45) is 0.359. The summed E-state index contributed by atoms with van der Waals surface area (Å²) in [5, 5.41) is 3.11. The van der Waals surface area contributed by atoms with Crippen molar-refractivity contribution < 1.29 is 14.3 Å². The van der Waals surface area contributed by atoms with Crippen LogP contribution in [0.3, 0.4) is 0 Å². The van der Waals surface area contributed by atoms with Crippen LogP contribution in [0.15, 0.2) is 0 Å². The Bertz CT molecular complexity index is 215. The van der Waals surface area contributed by atoms with Crippen LogP contribution in [0.1, 0.15) is 34.1 Å². The smallest absolute Gasteiger partial charge is 0.350 e. The largest absolute Gasteiger partial charge is 0.463 e. The van der Waals surface area contributed by atoms with Crippen molar-refractivity contribution in [3.05, 3.63) is 0 Å². The molecule has 1 aliphatic heterocycles. The van der Waals surface area contributed by atoms with Crippen molar-refractivity contribution >= 4 is 5.97 Å². The number of ether oxygens (including phenoxy) is 2. The number of carbonyl (C=O) groups is 1. The van der Waals surface area contributed by atoms with Gasteiger partial charge in [-0.05, 0) is 34.1 Å². The van der Waals surface area contributed by atoms with Gasteiger partial charge in [0.2, 0.25) is 6.23 Å². The van der Waals surface area contributed by atoms with Crippen LogP contribution in [-0.2, 0) is 14.3 Å².